The highest BCUT2D eigenvalue weighted by molar-refractivity contribution is 6.02. The summed E-state index contributed by atoms with van der Waals surface area (Å²) >= 11 is 0. The SMILES string of the molecule is CCCc1ccc(C2(c3ccc(CCC)c(CCC)c3O)OC(=O)c3cccc(C(=O)O)c32)c(O)c1CCC. The molecule has 3 N–H and O–H groups in total. The summed E-state index contributed by atoms with van der Waals surface area (Å²) in [5.74, 6) is -1.98. The van der Waals surface area contributed by atoms with Crippen molar-refractivity contribution >= 4 is 11.9 Å². The molecule has 0 amide bonds. The average Bonchev–Trinajstić information content (AvgIpc) is 3.21. The van der Waals surface area contributed by atoms with Crippen molar-refractivity contribution in [2.75, 3.05) is 0 Å². The number of hydrogen-bond donors (Lipinski definition) is 3. The number of carboxylic acids is 1. The minimum atomic E-state index is -1.84. The zero-order valence-electron chi connectivity index (χ0n) is 23.3. The molecule has 0 aromatic heterocycles. The van der Waals surface area contributed by atoms with Gasteiger partial charge in [-0.2, -0.15) is 0 Å². The van der Waals surface area contributed by atoms with Gasteiger partial charge in [0.25, 0.3) is 0 Å². The number of hydrogen-bond acceptors (Lipinski definition) is 5. The molecular weight excluding hydrogens is 492 g/mol. The van der Waals surface area contributed by atoms with E-state index in [1.165, 1.54) is 18.2 Å². The number of aromatic carboxylic acids is 1. The van der Waals surface area contributed by atoms with Crippen LogP contribution in [0.1, 0.15) is 113 Å². The second-order valence-electron chi connectivity index (χ2n) is 10.3. The Hall–Kier alpha value is -3.80. The highest BCUT2D eigenvalue weighted by Gasteiger charge is 2.54. The number of benzene rings is 3. The molecule has 1 heterocycles. The Bertz CT molecular complexity index is 1340. The standard InChI is InChI=1S/C33H38O6/c1-5-10-20-16-18-26(29(34)22(20)12-7-3)33(27-19-17-21(11-6-2)23(13-8-4)30(27)35)28-24(31(36)37)14-9-15-25(28)32(38)39-33/h9,14-19,34-35H,5-8,10-13H2,1-4H3,(H,36,37). The van der Waals surface area contributed by atoms with E-state index in [9.17, 15) is 24.9 Å². The molecule has 0 atom stereocenters. The summed E-state index contributed by atoms with van der Waals surface area (Å²) in [6.07, 6.45) is 6.10. The smallest absolute Gasteiger partial charge is 0.340 e. The summed E-state index contributed by atoms with van der Waals surface area (Å²) in [6, 6.07) is 11.8. The lowest BCUT2D eigenvalue weighted by Crippen LogP contribution is -2.32. The summed E-state index contributed by atoms with van der Waals surface area (Å²) in [4.78, 5) is 25.9. The number of fused-ring (bicyclic) bond motifs is 1. The highest BCUT2D eigenvalue weighted by Crippen LogP contribution is 2.54. The molecule has 4 rings (SSSR count). The molecule has 6 nitrogen and oxygen atoms in total. The van der Waals surface area contributed by atoms with Crippen LogP contribution in [0.4, 0.5) is 0 Å². The van der Waals surface area contributed by atoms with E-state index in [1.54, 1.807) is 12.1 Å². The predicted molar refractivity (Wildman–Crippen MR) is 151 cm³/mol. The minimum absolute atomic E-state index is 0.0299. The first-order chi connectivity index (χ1) is 18.8. The van der Waals surface area contributed by atoms with Crippen molar-refractivity contribution in [2.24, 2.45) is 0 Å². The van der Waals surface area contributed by atoms with E-state index in [4.69, 9.17) is 4.74 Å². The third kappa shape index (κ3) is 4.66. The van der Waals surface area contributed by atoms with Gasteiger partial charge in [0.05, 0.1) is 11.1 Å². The molecule has 0 bridgehead atoms. The fourth-order valence-electron chi connectivity index (χ4n) is 6.04. The van der Waals surface area contributed by atoms with E-state index in [1.807, 2.05) is 26.0 Å². The Balaban J connectivity index is 2.17. The molecular formula is C33H38O6. The molecule has 39 heavy (non-hydrogen) atoms. The normalized spacial score (nSPS) is 13.8. The molecule has 206 valence electrons. The first kappa shape index (κ1) is 28.2. The third-order valence-corrected chi connectivity index (χ3v) is 7.67. The van der Waals surface area contributed by atoms with Crippen molar-refractivity contribution in [2.45, 2.75) is 84.7 Å². The quantitative estimate of drug-likeness (QED) is 0.229. The van der Waals surface area contributed by atoms with Crippen LogP contribution in [-0.4, -0.2) is 27.3 Å². The number of phenols is 2. The number of phenolic OH excluding ortho intramolecular Hbond substituents is 2. The van der Waals surface area contributed by atoms with Crippen molar-refractivity contribution in [3.8, 4) is 11.5 Å². The van der Waals surface area contributed by atoms with Crippen LogP contribution in [0.3, 0.4) is 0 Å². The fraction of sp³-hybridized carbons (Fsp3) is 0.394. The van der Waals surface area contributed by atoms with Gasteiger partial charge >= 0.3 is 11.9 Å². The first-order valence-corrected chi connectivity index (χ1v) is 14.0. The molecule has 0 fully saturated rings. The lowest BCUT2D eigenvalue weighted by Gasteiger charge is -2.34. The lowest BCUT2D eigenvalue weighted by atomic mass is 9.74. The van der Waals surface area contributed by atoms with Gasteiger partial charge in [0.2, 0.25) is 0 Å². The maximum atomic E-state index is 13.4. The Labute approximate surface area is 230 Å². The lowest BCUT2D eigenvalue weighted by molar-refractivity contribution is 0.0233. The van der Waals surface area contributed by atoms with Gasteiger partial charge in [0, 0.05) is 16.7 Å². The van der Waals surface area contributed by atoms with E-state index in [0.29, 0.717) is 12.8 Å². The number of carbonyl (C=O) groups is 2. The van der Waals surface area contributed by atoms with Gasteiger partial charge in [-0.15, -0.1) is 0 Å². The van der Waals surface area contributed by atoms with Gasteiger partial charge in [0.15, 0.2) is 5.60 Å². The zero-order chi connectivity index (χ0) is 28.3. The van der Waals surface area contributed by atoms with Crippen LogP contribution >= 0.6 is 0 Å². The highest BCUT2D eigenvalue weighted by atomic mass is 16.6. The van der Waals surface area contributed by atoms with Crippen molar-refractivity contribution < 1.29 is 29.6 Å². The summed E-state index contributed by atoms with van der Waals surface area (Å²) in [5, 5.41) is 33.9. The number of rotatable bonds is 11. The average molecular weight is 531 g/mol. The summed E-state index contributed by atoms with van der Waals surface area (Å²) in [7, 11) is 0. The summed E-state index contributed by atoms with van der Waals surface area (Å²) in [6.45, 7) is 8.20. The van der Waals surface area contributed by atoms with E-state index in [0.717, 1.165) is 60.8 Å². The maximum Gasteiger partial charge on any atom is 0.340 e. The second kappa shape index (κ2) is 11.5. The second-order valence-corrected chi connectivity index (χ2v) is 10.3. The Morgan fingerprint density at radius 1 is 0.744 bits per heavy atom. The van der Waals surface area contributed by atoms with Gasteiger partial charge in [0.1, 0.15) is 11.5 Å². The molecule has 6 heteroatoms. The van der Waals surface area contributed by atoms with Gasteiger partial charge < -0.3 is 20.1 Å². The van der Waals surface area contributed by atoms with E-state index in [2.05, 4.69) is 13.8 Å². The molecule has 0 saturated carbocycles. The maximum absolute atomic E-state index is 13.4. The molecule has 1 aliphatic rings. The molecule has 0 radical (unpaired) electrons. The minimum Gasteiger partial charge on any atom is -0.507 e. The van der Waals surface area contributed by atoms with Gasteiger partial charge in [-0.25, -0.2) is 9.59 Å². The van der Waals surface area contributed by atoms with Gasteiger partial charge in [-0.3, -0.25) is 0 Å². The predicted octanol–water partition coefficient (Wildman–Crippen LogP) is 7.07. The molecule has 0 unspecified atom stereocenters. The van der Waals surface area contributed by atoms with Gasteiger partial charge in [-0.1, -0.05) is 83.7 Å². The molecule has 0 spiro atoms. The van der Waals surface area contributed by atoms with Crippen molar-refractivity contribution in [3.63, 3.8) is 0 Å². The molecule has 3 aromatic carbocycles. The van der Waals surface area contributed by atoms with Crippen LogP contribution < -0.4 is 0 Å². The molecule has 3 aromatic rings. The zero-order valence-corrected chi connectivity index (χ0v) is 23.3. The number of aryl methyl sites for hydroxylation is 2. The number of ether oxygens (including phenoxy) is 1. The largest absolute Gasteiger partial charge is 0.507 e. The van der Waals surface area contributed by atoms with Crippen LogP contribution in [0.15, 0.2) is 42.5 Å². The van der Waals surface area contributed by atoms with Crippen LogP contribution in [0.25, 0.3) is 0 Å². The third-order valence-electron chi connectivity index (χ3n) is 7.67. The monoisotopic (exact) mass is 530 g/mol. The van der Waals surface area contributed by atoms with Crippen LogP contribution in [0, 0.1) is 0 Å². The summed E-state index contributed by atoms with van der Waals surface area (Å²) in [5.41, 5.74) is 2.32. The number of carboxylic acid groups (broad SMARTS) is 1. The molecule has 0 aliphatic carbocycles. The van der Waals surface area contributed by atoms with Crippen molar-refractivity contribution in [1.82, 2.24) is 0 Å². The van der Waals surface area contributed by atoms with Crippen LogP contribution in [0.2, 0.25) is 0 Å². The van der Waals surface area contributed by atoms with Crippen LogP contribution in [-0.2, 0) is 36.0 Å². The van der Waals surface area contributed by atoms with E-state index in [-0.39, 0.29) is 39.3 Å². The van der Waals surface area contributed by atoms with Gasteiger partial charge in [-0.05, 0) is 60.1 Å². The number of cyclic esters (lactones) is 1. The number of aromatic hydroxyl groups is 2. The van der Waals surface area contributed by atoms with Crippen molar-refractivity contribution in [3.05, 3.63) is 92.5 Å². The fourth-order valence-corrected chi connectivity index (χ4v) is 6.04. The molecule has 0 saturated heterocycles. The topological polar surface area (TPSA) is 104 Å². The molecule has 1 aliphatic heterocycles. The van der Waals surface area contributed by atoms with E-state index >= 15 is 0 Å². The van der Waals surface area contributed by atoms with Crippen LogP contribution in [0.5, 0.6) is 11.5 Å². The Morgan fingerprint density at radius 2 is 1.23 bits per heavy atom. The van der Waals surface area contributed by atoms with Crippen molar-refractivity contribution in [1.29, 1.82) is 0 Å². The first-order valence-electron chi connectivity index (χ1n) is 14.0. The summed E-state index contributed by atoms with van der Waals surface area (Å²) < 4.78 is 6.19. The number of esters is 1. The Morgan fingerprint density at radius 3 is 1.67 bits per heavy atom. The Kier molecular flexibility index (Phi) is 8.34. The van der Waals surface area contributed by atoms with E-state index < -0.39 is 17.5 Å². The number of carbonyl (C=O) groups excluding carboxylic acids is 1.